The van der Waals surface area contributed by atoms with Crippen LogP contribution in [0.4, 0.5) is 0 Å². The van der Waals surface area contributed by atoms with E-state index in [1.165, 1.54) is 0 Å². The molecule has 0 spiro atoms. The van der Waals surface area contributed by atoms with Gasteiger partial charge >= 0.3 is 0 Å². The van der Waals surface area contributed by atoms with Crippen molar-refractivity contribution in [3.63, 3.8) is 0 Å². The van der Waals surface area contributed by atoms with Gasteiger partial charge in [-0.05, 0) is 85.5 Å². The largest absolute Gasteiger partial charge is 0.489 e. The summed E-state index contributed by atoms with van der Waals surface area (Å²) < 4.78 is 11.9. The molecule has 144 valence electrons. The molecule has 0 saturated heterocycles. The van der Waals surface area contributed by atoms with E-state index in [-0.39, 0.29) is 0 Å². The third-order valence-corrected chi connectivity index (χ3v) is 4.59. The van der Waals surface area contributed by atoms with Crippen LogP contribution in [0.5, 0.6) is 11.5 Å². The Kier molecular flexibility index (Phi) is 6.17. The molecule has 0 heterocycles. The molecule has 0 amide bonds. The first-order chi connectivity index (χ1) is 14.0. The Balaban J connectivity index is 1.68. The molecule has 0 aromatic heterocycles. The maximum absolute atomic E-state index is 8.98. The third-order valence-electron chi connectivity index (χ3n) is 4.59. The standard InChI is InChI=1S/C25H22N2O2/c1-17-8-22(15-28-24-6-4-20(13-26)10-18(24)2)12-23(9-17)16-29-25-7-5-21(14-27)11-19(25)3/h4-12H,15-16H2,1-3H3. The van der Waals surface area contributed by atoms with Crippen LogP contribution in [-0.2, 0) is 13.2 Å². The first kappa shape index (κ1) is 20.0. The Morgan fingerprint density at radius 2 is 1.10 bits per heavy atom. The van der Waals surface area contributed by atoms with Gasteiger partial charge < -0.3 is 9.47 Å². The van der Waals surface area contributed by atoms with E-state index >= 15 is 0 Å². The molecule has 0 saturated carbocycles. The van der Waals surface area contributed by atoms with E-state index in [1.54, 1.807) is 12.1 Å². The predicted octanol–water partition coefficient (Wildman–Crippen LogP) is 5.51. The lowest BCUT2D eigenvalue weighted by Crippen LogP contribution is -2.02. The van der Waals surface area contributed by atoms with Crippen molar-refractivity contribution in [2.75, 3.05) is 0 Å². The van der Waals surface area contributed by atoms with Crippen molar-refractivity contribution >= 4 is 0 Å². The van der Waals surface area contributed by atoms with Crippen molar-refractivity contribution in [2.45, 2.75) is 34.0 Å². The normalized spacial score (nSPS) is 10.1. The number of hydrogen-bond donors (Lipinski definition) is 0. The minimum atomic E-state index is 0.442. The molecule has 3 aromatic rings. The summed E-state index contributed by atoms with van der Waals surface area (Å²) in [7, 11) is 0. The quantitative estimate of drug-likeness (QED) is 0.563. The average molecular weight is 382 g/mol. The number of nitrogens with zero attached hydrogens (tertiary/aromatic N) is 2. The second-order valence-electron chi connectivity index (χ2n) is 7.09. The Hall–Kier alpha value is -3.76. The number of aryl methyl sites for hydroxylation is 3. The fourth-order valence-corrected chi connectivity index (χ4v) is 3.20. The maximum atomic E-state index is 8.98. The molecule has 0 atom stereocenters. The van der Waals surface area contributed by atoms with E-state index in [9.17, 15) is 0 Å². The fraction of sp³-hybridized carbons (Fsp3) is 0.200. The van der Waals surface area contributed by atoms with Crippen molar-refractivity contribution in [1.82, 2.24) is 0 Å². The molecular formula is C25H22N2O2. The van der Waals surface area contributed by atoms with Gasteiger partial charge in [-0.15, -0.1) is 0 Å². The zero-order valence-corrected chi connectivity index (χ0v) is 16.8. The highest BCUT2D eigenvalue weighted by molar-refractivity contribution is 5.42. The number of nitriles is 2. The van der Waals surface area contributed by atoms with Crippen LogP contribution in [-0.4, -0.2) is 0 Å². The average Bonchev–Trinajstić information content (AvgIpc) is 2.71. The molecule has 29 heavy (non-hydrogen) atoms. The van der Waals surface area contributed by atoms with Gasteiger partial charge in [0, 0.05) is 0 Å². The van der Waals surface area contributed by atoms with Gasteiger partial charge in [0.15, 0.2) is 0 Å². The molecule has 0 bridgehead atoms. The van der Waals surface area contributed by atoms with Crippen LogP contribution in [0.3, 0.4) is 0 Å². The lowest BCUT2D eigenvalue weighted by Gasteiger charge is -2.13. The van der Waals surface area contributed by atoms with Crippen LogP contribution >= 0.6 is 0 Å². The lowest BCUT2D eigenvalue weighted by atomic mass is 10.1. The molecule has 0 aliphatic carbocycles. The van der Waals surface area contributed by atoms with Gasteiger partial charge in [-0.2, -0.15) is 10.5 Å². The van der Waals surface area contributed by atoms with Crippen LogP contribution in [0, 0.1) is 43.4 Å². The monoisotopic (exact) mass is 382 g/mol. The number of rotatable bonds is 6. The van der Waals surface area contributed by atoms with Crippen molar-refractivity contribution in [3.8, 4) is 23.6 Å². The highest BCUT2D eigenvalue weighted by atomic mass is 16.5. The van der Waals surface area contributed by atoms with Crippen molar-refractivity contribution in [3.05, 3.63) is 93.5 Å². The first-order valence-corrected chi connectivity index (χ1v) is 9.35. The number of ether oxygens (including phenoxy) is 2. The highest BCUT2D eigenvalue weighted by Gasteiger charge is 2.06. The molecule has 3 aromatic carbocycles. The van der Waals surface area contributed by atoms with Gasteiger partial charge in [-0.25, -0.2) is 0 Å². The zero-order chi connectivity index (χ0) is 20.8. The van der Waals surface area contributed by atoms with Gasteiger partial charge in [0.25, 0.3) is 0 Å². The van der Waals surface area contributed by atoms with Crippen LogP contribution in [0.15, 0.2) is 54.6 Å². The number of benzene rings is 3. The van der Waals surface area contributed by atoms with Crippen LogP contribution in [0.1, 0.15) is 38.9 Å². The van der Waals surface area contributed by atoms with Gasteiger partial charge in [-0.1, -0.05) is 17.7 Å². The topological polar surface area (TPSA) is 66.0 Å². The van der Waals surface area contributed by atoms with Gasteiger partial charge in [-0.3, -0.25) is 0 Å². The van der Waals surface area contributed by atoms with Crippen LogP contribution < -0.4 is 9.47 Å². The third kappa shape index (κ3) is 5.15. The summed E-state index contributed by atoms with van der Waals surface area (Å²) in [5.41, 5.74) is 6.39. The van der Waals surface area contributed by atoms with E-state index in [0.717, 1.165) is 39.3 Å². The minimum absolute atomic E-state index is 0.442. The highest BCUT2D eigenvalue weighted by Crippen LogP contribution is 2.23. The maximum Gasteiger partial charge on any atom is 0.122 e. The van der Waals surface area contributed by atoms with Crippen LogP contribution in [0.2, 0.25) is 0 Å². The summed E-state index contributed by atoms with van der Waals surface area (Å²) in [5, 5.41) is 18.0. The van der Waals surface area contributed by atoms with Crippen molar-refractivity contribution in [1.29, 1.82) is 10.5 Å². The van der Waals surface area contributed by atoms with Gasteiger partial charge in [0.1, 0.15) is 24.7 Å². The SMILES string of the molecule is Cc1cc(COc2ccc(C#N)cc2C)cc(COc2ccc(C#N)cc2C)c1. The summed E-state index contributed by atoms with van der Waals surface area (Å²) in [6, 6.07) is 21.4. The molecule has 0 unspecified atom stereocenters. The predicted molar refractivity (Wildman–Crippen MR) is 112 cm³/mol. The van der Waals surface area contributed by atoms with Crippen LogP contribution in [0.25, 0.3) is 0 Å². The molecule has 0 N–H and O–H groups in total. The van der Waals surface area contributed by atoms with E-state index in [2.05, 4.69) is 30.3 Å². The molecule has 0 fully saturated rings. The zero-order valence-electron chi connectivity index (χ0n) is 16.8. The van der Waals surface area contributed by atoms with Gasteiger partial charge in [0.05, 0.1) is 23.3 Å². The van der Waals surface area contributed by atoms with Crippen molar-refractivity contribution < 1.29 is 9.47 Å². The Morgan fingerprint density at radius 3 is 1.48 bits per heavy atom. The fourth-order valence-electron chi connectivity index (χ4n) is 3.20. The second kappa shape index (κ2) is 8.95. The van der Waals surface area contributed by atoms with E-state index in [4.69, 9.17) is 20.0 Å². The number of hydrogen-bond acceptors (Lipinski definition) is 4. The Labute approximate surface area is 171 Å². The summed E-state index contributed by atoms with van der Waals surface area (Å²) in [5.74, 6) is 1.55. The summed E-state index contributed by atoms with van der Waals surface area (Å²) >= 11 is 0. The Bertz CT molecular complexity index is 1030. The summed E-state index contributed by atoms with van der Waals surface area (Å²) in [6.07, 6.45) is 0. The summed E-state index contributed by atoms with van der Waals surface area (Å²) in [6.45, 7) is 6.80. The second-order valence-corrected chi connectivity index (χ2v) is 7.09. The molecule has 0 radical (unpaired) electrons. The molecule has 0 aliphatic rings. The van der Waals surface area contributed by atoms with E-state index < -0.39 is 0 Å². The Morgan fingerprint density at radius 1 is 0.655 bits per heavy atom. The van der Waals surface area contributed by atoms with Crippen molar-refractivity contribution in [2.24, 2.45) is 0 Å². The molecule has 4 heteroatoms. The smallest absolute Gasteiger partial charge is 0.122 e. The first-order valence-electron chi connectivity index (χ1n) is 9.35. The lowest BCUT2D eigenvalue weighted by molar-refractivity contribution is 0.297. The molecule has 3 rings (SSSR count). The molecule has 4 nitrogen and oxygen atoms in total. The van der Waals surface area contributed by atoms with E-state index in [1.807, 2.05) is 45.0 Å². The minimum Gasteiger partial charge on any atom is -0.489 e. The van der Waals surface area contributed by atoms with E-state index in [0.29, 0.717) is 24.3 Å². The summed E-state index contributed by atoms with van der Waals surface area (Å²) in [4.78, 5) is 0. The molecule has 0 aliphatic heterocycles. The van der Waals surface area contributed by atoms with Gasteiger partial charge in [0.2, 0.25) is 0 Å². The molecular weight excluding hydrogens is 360 g/mol.